The highest BCUT2D eigenvalue weighted by Gasteiger charge is 2.13. The lowest BCUT2D eigenvalue weighted by atomic mass is 10.1. The minimum absolute atomic E-state index is 0.0364. The van der Waals surface area contributed by atoms with Gasteiger partial charge in [0.05, 0.1) is 10.2 Å². The second-order valence-corrected chi connectivity index (χ2v) is 8.88. The quantitative estimate of drug-likeness (QED) is 0.419. The molecular formula is C24H22N6OS. The van der Waals surface area contributed by atoms with Gasteiger partial charge in [0.15, 0.2) is 0 Å². The summed E-state index contributed by atoms with van der Waals surface area (Å²) in [6.45, 7) is 6.01. The summed E-state index contributed by atoms with van der Waals surface area (Å²) >= 11 is 1.68. The van der Waals surface area contributed by atoms with Gasteiger partial charge < -0.3 is 5.32 Å². The van der Waals surface area contributed by atoms with E-state index in [1.807, 2.05) is 38.1 Å². The molecule has 1 amide bonds. The number of thiazole rings is 1. The number of carbonyl (C=O) groups is 1. The van der Waals surface area contributed by atoms with Crippen molar-refractivity contribution in [3.05, 3.63) is 71.3 Å². The second-order valence-electron chi connectivity index (χ2n) is 7.85. The van der Waals surface area contributed by atoms with E-state index in [0.29, 0.717) is 18.6 Å². The van der Waals surface area contributed by atoms with E-state index in [0.717, 1.165) is 38.7 Å². The Hall–Kier alpha value is -3.65. The summed E-state index contributed by atoms with van der Waals surface area (Å²) in [5.74, 6) is 0.544. The number of anilines is 1. The van der Waals surface area contributed by atoms with Gasteiger partial charge in [0.1, 0.15) is 11.3 Å². The van der Waals surface area contributed by atoms with Gasteiger partial charge in [-0.1, -0.05) is 6.07 Å². The Morgan fingerprint density at radius 1 is 1.06 bits per heavy atom. The van der Waals surface area contributed by atoms with Crippen LogP contribution in [0.3, 0.4) is 0 Å². The smallest absolute Gasteiger partial charge is 0.252 e. The minimum atomic E-state index is -0.0364. The van der Waals surface area contributed by atoms with Crippen molar-refractivity contribution < 1.29 is 4.79 Å². The zero-order valence-corrected chi connectivity index (χ0v) is 18.9. The van der Waals surface area contributed by atoms with Gasteiger partial charge in [0.2, 0.25) is 5.91 Å². The van der Waals surface area contributed by atoms with E-state index >= 15 is 0 Å². The number of rotatable bonds is 5. The molecule has 1 N–H and O–H groups in total. The molecule has 8 heteroatoms. The van der Waals surface area contributed by atoms with Gasteiger partial charge in [-0.05, 0) is 74.7 Å². The molecule has 0 aliphatic rings. The zero-order chi connectivity index (χ0) is 22.2. The van der Waals surface area contributed by atoms with Gasteiger partial charge in [-0.3, -0.25) is 4.79 Å². The van der Waals surface area contributed by atoms with Crippen LogP contribution in [0.2, 0.25) is 0 Å². The summed E-state index contributed by atoms with van der Waals surface area (Å²) in [4.78, 5) is 25.9. The number of hydrogen-bond donors (Lipinski definition) is 1. The van der Waals surface area contributed by atoms with Gasteiger partial charge in [0.25, 0.3) is 5.78 Å². The fourth-order valence-corrected chi connectivity index (χ4v) is 4.90. The molecule has 0 unspecified atom stereocenters. The molecular weight excluding hydrogens is 420 g/mol. The Balaban J connectivity index is 1.26. The van der Waals surface area contributed by atoms with Gasteiger partial charge in [-0.25, -0.2) is 14.5 Å². The zero-order valence-electron chi connectivity index (χ0n) is 18.1. The number of nitrogens with one attached hydrogen (secondary N) is 1. The molecule has 0 fully saturated rings. The molecule has 160 valence electrons. The number of hydrogen-bond acceptors (Lipinski definition) is 6. The van der Waals surface area contributed by atoms with Crippen LogP contribution in [0.25, 0.3) is 26.6 Å². The number of aryl methyl sites for hydroxylation is 3. The number of amides is 1. The normalized spacial score (nSPS) is 11.3. The van der Waals surface area contributed by atoms with Crippen molar-refractivity contribution in [1.82, 2.24) is 24.6 Å². The van der Waals surface area contributed by atoms with Crippen LogP contribution in [0.1, 0.15) is 28.9 Å². The average Bonchev–Trinajstić information content (AvgIpc) is 3.40. The third-order valence-corrected chi connectivity index (χ3v) is 6.62. The highest BCUT2D eigenvalue weighted by molar-refractivity contribution is 7.21. The lowest BCUT2D eigenvalue weighted by Crippen LogP contribution is -2.14. The van der Waals surface area contributed by atoms with Crippen LogP contribution in [-0.4, -0.2) is 30.5 Å². The van der Waals surface area contributed by atoms with Crippen molar-refractivity contribution in [3.63, 3.8) is 0 Å². The van der Waals surface area contributed by atoms with Crippen LogP contribution in [0, 0.1) is 20.8 Å². The van der Waals surface area contributed by atoms with Crippen molar-refractivity contribution in [2.24, 2.45) is 0 Å². The molecule has 0 aliphatic heterocycles. The molecule has 5 rings (SSSR count). The molecule has 0 spiro atoms. The number of fused-ring (bicyclic) bond motifs is 2. The first kappa shape index (κ1) is 20.3. The van der Waals surface area contributed by atoms with E-state index in [1.165, 1.54) is 16.6 Å². The fraction of sp³-hybridized carbons (Fsp3) is 0.208. The molecule has 0 saturated heterocycles. The van der Waals surface area contributed by atoms with Gasteiger partial charge in [0, 0.05) is 29.1 Å². The molecule has 3 aromatic heterocycles. The third kappa shape index (κ3) is 3.85. The second kappa shape index (κ2) is 8.12. The largest absolute Gasteiger partial charge is 0.326 e. The topological polar surface area (TPSA) is 85.1 Å². The standard InChI is InChI=1S/C24H22N6OS/c1-14-4-10-20-21(12-14)32-23(29-20)17-5-7-18(8-6-17)28-22(31)11-9-19-15(2)27-24-25-13-26-30(24)16(19)3/h4-8,10,12-13H,9,11H2,1-3H3,(H,28,31). The number of aromatic nitrogens is 5. The molecule has 5 aromatic rings. The van der Waals surface area contributed by atoms with Crippen LogP contribution in [0.4, 0.5) is 5.69 Å². The minimum Gasteiger partial charge on any atom is -0.326 e. The van der Waals surface area contributed by atoms with Crippen molar-refractivity contribution in [2.75, 3.05) is 5.32 Å². The maximum atomic E-state index is 12.5. The SMILES string of the molecule is Cc1ccc2nc(-c3ccc(NC(=O)CCc4c(C)nc5ncnn5c4C)cc3)sc2c1. The lowest BCUT2D eigenvalue weighted by molar-refractivity contribution is -0.116. The van der Waals surface area contributed by atoms with E-state index in [4.69, 9.17) is 4.98 Å². The van der Waals surface area contributed by atoms with Crippen LogP contribution in [-0.2, 0) is 11.2 Å². The maximum absolute atomic E-state index is 12.5. The molecule has 0 atom stereocenters. The molecule has 0 radical (unpaired) electrons. The first-order valence-electron chi connectivity index (χ1n) is 10.4. The van der Waals surface area contributed by atoms with Crippen LogP contribution in [0.15, 0.2) is 48.8 Å². The summed E-state index contributed by atoms with van der Waals surface area (Å²) < 4.78 is 2.89. The van der Waals surface area contributed by atoms with Crippen LogP contribution >= 0.6 is 11.3 Å². The first-order chi connectivity index (χ1) is 15.5. The van der Waals surface area contributed by atoms with Crippen molar-refractivity contribution in [1.29, 1.82) is 0 Å². The fourth-order valence-electron chi connectivity index (χ4n) is 3.83. The average molecular weight is 443 g/mol. The monoisotopic (exact) mass is 442 g/mol. The Kier molecular flexibility index (Phi) is 5.14. The molecule has 0 bridgehead atoms. The summed E-state index contributed by atoms with van der Waals surface area (Å²) in [6.07, 6.45) is 2.45. The summed E-state index contributed by atoms with van der Waals surface area (Å²) in [5, 5.41) is 8.17. The molecule has 7 nitrogen and oxygen atoms in total. The van der Waals surface area contributed by atoms with E-state index in [9.17, 15) is 4.79 Å². The van der Waals surface area contributed by atoms with Gasteiger partial charge in [-0.2, -0.15) is 10.1 Å². The summed E-state index contributed by atoms with van der Waals surface area (Å²) in [5.41, 5.74) is 6.93. The van der Waals surface area contributed by atoms with Crippen molar-refractivity contribution in [2.45, 2.75) is 33.6 Å². The highest BCUT2D eigenvalue weighted by atomic mass is 32.1. The molecule has 2 aromatic carbocycles. The predicted octanol–water partition coefficient (Wildman–Crippen LogP) is 4.90. The predicted molar refractivity (Wildman–Crippen MR) is 127 cm³/mol. The molecule has 0 aliphatic carbocycles. The van der Waals surface area contributed by atoms with Crippen LogP contribution < -0.4 is 5.32 Å². The summed E-state index contributed by atoms with van der Waals surface area (Å²) in [6, 6.07) is 14.1. The molecule has 32 heavy (non-hydrogen) atoms. The Morgan fingerprint density at radius 3 is 2.69 bits per heavy atom. The lowest BCUT2D eigenvalue weighted by Gasteiger charge is -2.10. The van der Waals surface area contributed by atoms with Gasteiger partial charge in [-0.15, -0.1) is 11.3 Å². The van der Waals surface area contributed by atoms with E-state index in [2.05, 4.69) is 45.5 Å². The van der Waals surface area contributed by atoms with Crippen molar-refractivity contribution in [3.8, 4) is 10.6 Å². The van der Waals surface area contributed by atoms with Crippen molar-refractivity contribution >= 4 is 38.9 Å². The van der Waals surface area contributed by atoms with Gasteiger partial charge >= 0.3 is 0 Å². The van der Waals surface area contributed by atoms with E-state index in [1.54, 1.807) is 15.9 Å². The Bertz CT molecular complexity index is 1450. The number of carbonyl (C=O) groups excluding carboxylic acids is 1. The summed E-state index contributed by atoms with van der Waals surface area (Å²) in [7, 11) is 0. The highest BCUT2D eigenvalue weighted by Crippen LogP contribution is 2.31. The first-order valence-corrected chi connectivity index (χ1v) is 11.2. The maximum Gasteiger partial charge on any atom is 0.252 e. The van der Waals surface area contributed by atoms with Crippen LogP contribution in [0.5, 0.6) is 0 Å². The Morgan fingerprint density at radius 2 is 1.88 bits per heavy atom. The van der Waals surface area contributed by atoms with E-state index in [-0.39, 0.29) is 5.91 Å². The number of benzene rings is 2. The number of nitrogens with zero attached hydrogens (tertiary/aromatic N) is 5. The molecule has 0 saturated carbocycles. The third-order valence-electron chi connectivity index (χ3n) is 5.55. The Labute approximate surface area is 189 Å². The van der Waals surface area contributed by atoms with E-state index < -0.39 is 0 Å². The molecule has 3 heterocycles.